The Morgan fingerprint density at radius 3 is 2.80 bits per heavy atom. The van der Waals surface area contributed by atoms with Crippen LogP contribution in [0.4, 0.5) is 0 Å². The SMILES string of the molecule is CC(=O)c1cc(C=CCCO)ccc1O. The number of hydrogen-bond acceptors (Lipinski definition) is 3. The molecule has 1 rings (SSSR count). The molecule has 1 aromatic carbocycles. The second-order valence-corrected chi connectivity index (χ2v) is 3.25. The van der Waals surface area contributed by atoms with E-state index in [1.807, 2.05) is 12.2 Å². The summed E-state index contributed by atoms with van der Waals surface area (Å²) in [4.78, 5) is 11.1. The Balaban J connectivity index is 2.92. The minimum absolute atomic E-state index is 0.00167. The molecule has 80 valence electrons. The Kier molecular flexibility index (Phi) is 4.06. The minimum Gasteiger partial charge on any atom is -0.507 e. The van der Waals surface area contributed by atoms with Gasteiger partial charge in [-0.2, -0.15) is 0 Å². The van der Waals surface area contributed by atoms with Crippen LogP contribution in [-0.4, -0.2) is 22.6 Å². The van der Waals surface area contributed by atoms with E-state index in [0.29, 0.717) is 12.0 Å². The van der Waals surface area contributed by atoms with Crippen molar-refractivity contribution in [3.8, 4) is 5.75 Å². The number of ketones is 1. The third-order valence-corrected chi connectivity index (χ3v) is 2.01. The highest BCUT2D eigenvalue weighted by Crippen LogP contribution is 2.19. The monoisotopic (exact) mass is 206 g/mol. The van der Waals surface area contributed by atoms with Gasteiger partial charge < -0.3 is 10.2 Å². The van der Waals surface area contributed by atoms with Gasteiger partial charge in [0.25, 0.3) is 0 Å². The second kappa shape index (κ2) is 5.32. The van der Waals surface area contributed by atoms with E-state index in [1.165, 1.54) is 13.0 Å². The van der Waals surface area contributed by atoms with Gasteiger partial charge in [-0.25, -0.2) is 0 Å². The van der Waals surface area contributed by atoms with Gasteiger partial charge in [0, 0.05) is 6.61 Å². The molecule has 0 aliphatic rings. The van der Waals surface area contributed by atoms with Crippen LogP contribution >= 0.6 is 0 Å². The number of hydrogen-bond donors (Lipinski definition) is 2. The summed E-state index contributed by atoms with van der Waals surface area (Å²) in [6.45, 7) is 1.52. The topological polar surface area (TPSA) is 57.5 Å². The summed E-state index contributed by atoms with van der Waals surface area (Å²) < 4.78 is 0. The predicted molar refractivity (Wildman–Crippen MR) is 58.8 cm³/mol. The zero-order chi connectivity index (χ0) is 11.3. The van der Waals surface area contributed by atoms with E-state index >= 15 is 0 Å². The number of carbonyl (C=O) groups is 1. The average molecular weight is 206 g/mol. The lowest BCUT2D eigenvalue weighted by Crippen LogP contribution is -1.92. The molecule has 3 nitrogen and oxygen atoms in total. The summed E-state index contributed by atoms with van der Waals surface area (Å²) >= 11 is 0. The fraction of sp³-hybridized carbons (Fsp3) is 0.250. The van der Waals surface area contributed by atoms with Crippen LogP contribution in [0.3, 0.4) is 0 Å². The van der Waals surface area contributed by atoms with Crippen LogP contribution in [0.15, 0.2) is 24.3 Å². The number of Topliss-reactive ketones (excluding diaryl/α,β-unsaturated/α-hetero) is 1. The van der Waals surface area contributed by atoms with Crippen LogP contribution in [0.25, 0.3) is 6.08 Å². The molecule has 0 aromatic heterocycles. The first-order valence-corrected chi connectivity index (χ1v) is 4.76. The maximum absolute atomic E-state index is 11.1. The van der Waals surface area contributed by atoms with Gasteiger partial charge in [-0.3, -0.25) is 4.79 Å². The van der Waals surface area contributed by atoms with E-state index < -0.39 is 0 Å². The summed E-state index contributed by atoms with van der Waals surface area (Å²) in [5.41, 5.74) is 1.16. The molecule has 0 radical (unpaired) electrons. The highest BCUT2D eigenvalue weighted by atomic mass is 16.3. The van der Waals surface area contributed by atoms with E-state index in [4.69, 9.17) is 5.11 Å². The summed E-state index contributed by atoms with van der Waals surface area (Å²) in [5, 5.41) is 18.0. The van der Waals surface area contributed by atoms with Crippen molar-refractivity contribution in [1.29, 1.82) is 0 Å². The third kappa shape index (κ3) is 3.22. The Hall–Kier alpha value is -1.61. The lowest BCUT2D eigenvalue weighted by atomic mass is 10.1. The van der Waals surface area contributed by atoms with E-state index in [9.17, 15) is 9.90 Å². The summed E-state index contributed by atoms with van der Waals surface area (Å²) in [6.07, 6.45) is 4.20. The molecule has 3 heteroatoms. The quantitative estimate of drug-likeness (QED) is 0.741. The number of aromatic hydroxyl groups is 1. The molecule has 0 bridgehead atoms. The predicted octanol–water partition coefficient (Wildman–Crippen LogP) is 1.99. The smallest absolute Gasteiger partial charge is 0.163 e. The molecule has 0 saturated heterocycles. The van der Waals surface area contributed by atoms with Crippen LogP contribution in [-0.2, 0) is 0 Å². The third-order valence-electron chi connectivity index (χ3n) is 2.01. The van der Waals surface area contributed by atoms with Crippen LogP contribution < -0.4 is 0 Å². The summed E-state index contributed by atoms with van der Waals surface area (Å²) in [5.74, 6) is -0.160. The van der Waals surface area contributed by atoms with Gasteiger partial charge >= 0.3 is 0 Å². The van der Waals surface area contributed by atoms with Gasteiger partial charge in [0.1, 0.15) is 5.75 Å². The number of phenols is 1. The zero-order valence-corrected chi connectivity index (χ0v) is 8.60. The first-order chi connectivity index (χ1) is 7.15. The second-order valence-electron chi connectivity index (χ2n) is 3.25. The molecule has 0 heterocycles. The molecule has 0 aliphatic carbocycles. The largest absolute Gasteiger partial charge is 0.507 e. The van der Waals surface area contributed by atoms with Gasteiger partial charge in [-0.15, -0.1) is 0 Å². The van der Waals surface area contributed by atoms with Crippen molar-refractivity contribution in [1.82, 2.24) is 0 Å². The molecule has 0 saturated carbocycles. The summed E-state index contributed by atoms with van der Waals surface area (Å²) in [6, 6.07) is 4.84. The first kappa shape index (κ1) is 11.5. The van der Waals surface area contributed by atoms with Crippen molar-refractivity contribution in [2.45, 2.75) is 13.3 Å². The van der Waals surface area contributed by atoms with Crippen molar-refractivity contribution in [2.75, 3.05) is 6.61 Å². The maximum Gasteiger partial charge on any atom is 0.163 e. The van der Waals surface area contributed by atoms with Crippen molar-refractivity contribution in [3.05, 3.63) is 35.4 Å². The van der Waals surface area contributed by atoms with Crippen LogP contribution in [0.2, 0.25) is 0 Å². The number of aliphatic hydroxyl groups excluding tert-OH is 1. The lowest BCUT2D eigenvalue weighted by Gasteiger charge is -2.01. The molecule has 15 heavy (non-hydrogen) atoms. The fourth-order valence-electron chi connectivity index (χ4n) is 1.23. The number of carbonyl (C=O) groups excluding carboxylic acids is 1. The zero-order valence-electron chi connectivity index (χ0n) is 8.60. The standard InChI is InChI=1S/C12H14O3/c1-9(14)11-8-10(4-2-3-7-13)5-6-12(11)15/h2,4-6,8,13,15H,3,7H2,1H3. The van der Waals surface area contributed by atoms with E-state index in [0.717, 1.165) is 5.56 Å². The van der Waals surface area contributed by atoms with Crippen molar-refractivity contribution >= 4 is 11.9 Å². The highest BCUT2D eigenvalue weighted by molar-refractivity contribution is 5.97. The van der Waals surface area contributed by atoms with E-state index in [-0.39, 0.29) is 18.1 Å². The molecule has 0 spiro atoms. The molecule has 0 atom stereocenters. The molecule has 1 aromatic rings. The fourth-order valence-corrected chi connectivity index (χ4v) is 1.23. The molecule has 2 N–H and O–H groups in total. The van der Waals surface area contributed by atoms with Gasteiger partial charge in [0.15, 0.2) is 5.78 Å². The van der Waals surface area contributed by atoms with E-state index in [2.05, 4.69) is 0 Å². The maximum atomic E-state index is 11.1. The number of benzene rings is 1. The van der Waals surface area contributed by atoms with Crippen LogP contribution in [0, 0.1) is 0 Å². The number of rotatable bonds is 4. The molecule has 0 amide bonds. The molecule has 0 aliphatic heterocycles. The molecular formula is C12H14O3. The van der Waals surface area contributed by atoms with Crippen LogP contribution in [0.5, 0.6) is 5.75 Å². The van der Waals surface area contributed by atoms with E-state index in [1.54, 1.807) is 12.1 Å². The molecule has 0 fully saturated rings. The number of aliphatic hydroxyl groups is 1. The highest BCUT2D eigenvalue weighted by Gasteiger charge is 2.05. The van der Waals surface area contributed by atoms with Gasteiger partial charge in [-0.1, -0.05) is 18.2 Å². The first-order valence-electron chi connectivity index (χ1n) is 4.76. The minimum atomic E-state index is -0.162. The van der Waals surface area contributed by atoms with Gasteiger partial charge in [-0.05, 0) is 31.0 Å². The lowest BCUT2D eigenvalue weighted by molar-refractivity contribution is 0.101. The molecular weight excluding hydrogens is 192 g/mol. The number of phenolic OH excluding ortho intramolecular Hbond substituents is 1. The van der Waals surface area contributed by atoms with Gasteiger partial charge in [0.05, 0.1) is 5.56 Å². The Morgan fingerprint density at radius 1 is 1.47 bits per heavy atom. The van der Waals surface area contributed by atoms with Crippen LogP contribution in [0.1, 0.15) is 29.3 Å². The van der Waals surface area contributed by atoms with Gasteiger partial charge in [0.2, 0.25) is 0 Å². The average Bonchev–Trinajstić information content (AvgIpc) is 2.20. The normalized spacial score (nSPS) is 10.8. The Morgan fingerprint density at radius 2 is 2.20 bits per heavy atom. The Labute approximate surface area is 88.7 Å². The van der Waals surface area contributed by atoms with Crippen molar-refractivity contribution < 1.29 is 15.0 Å². The Bertz CT molecular complexity index is 380. The van der Waals surface area contributed by atoms with Crippen molar-refractivity contribution in [2.24, 2.45) is 0 Å². The summed E-state index contributed by atoms with van der Waals surface area (Å²) in [7, 11) is 0. The van der Waals surface area contributed by atoms with Crippen molar-refractivity contribution in [3.63, 3.8) is 0 Å². The molecule has 0 unspecified atom stereocenters.